The molecule has 0 spiro atoms. The molecule has 0 aliphatic carbocycles. The summed E-state index contributed by atoms with van der Waals surface area (Å²) in [5.74, 6) is 0.859. The lowest BCUT2D eigenvalue weighted by atomic mass is 10.2. The molecule has 28 heavy (non-hydrogen) atoms. The molecule has 1 aromatic carbocycles. The summed E-state index contributed by atoms with van der Waals surface area (Å²) < 4.78 is 16.3. The van der Waals surface area contributed by atoms with E-state index in [-0.39, 0.29) is 31.6 Å². The second-order valence-electron chi connectivity index (χ2n) is 6.48. The molecule has 8 heteroatoms. The molecule has 1 amide bonds. The predicted molar refractivity (Wildman–Crippen MR) is 112 cm³/mol. The lowest BCUT2D eigenvalue weighted by Crippen LogP contribution is -2.30. The highest BCUT2D eigenvalue weighted by molar-refractivity contribution is 8.26. The average molecular weight is 422 g/mol. The van der Waals surface area contributed by atoms with Gasteiger partial charge in [-0.2, -0.15) is 0 Å². The van der Waals surface area contributed by atoms with Crippen LogP contribution in [-0.4, -0.2) is 41.0 Å². The molecule has 6 nitrogen and oxygen atoms in total. The molecule has 0 radical (unpaired) electrons. The highest BCUT2D eigenvalue weighted by Gasteiger charge is 2.32. The number of rotatable bonds is 9. The predicted octanol–water partition coefficient (Wildman–Crippen LogP) is 4.13. The number of esters is 1. The second-order valence-corrected chi connectivity index (χ2v) is 8.15. The fourth-order valence-corrected chi connectivity index (χ4v) is 4.15. The number of hydrogen-bond acceptors (Lipinski definition) is 7. The summed E-state index contributed by atoms with van der Waals surface area (Å²) in [5, 5.41) is 0. The Balaban J connectivity index is 1.51. The second kappa shape index (κ2) is 9.93. The van der Waals surface area contributed by atoms with E-state index in [0.717, 1.165) is 31.2 Å². The molecule has 2 heterocycles. The van der Waals surface area contributed by atoms with Gasteiger partial charge in [0.05, 0.1) is 17.9 Å². The van der Waals surface area contributed by atoms with E-state index in [9.17, 15) is 9.59 Å². The van der Waals surface area contributed by atoms with Crippen LogP contribution in [0.2, 0.25) is 0 Å². The first kappa shape index (κ1) is 20.7. The molecule has 2 aliphatic heterocycles. The Morgan fingerprint density at radius 2 is 2.11 bits per heavy atom. The van der Waals surface area contributed by atoms with E-state index >= 15 is 0 Å². The Labute approximate surface area is 174 Å². The molecule has 0 bridgehead atoms. The summed E-state index contributed by atoms with van der Waals surface area (Å²) in [4.78, 5) is 26.5. The molecular formula is C20H23NO5S2. The summed E-state index contributed by atoms with van der Waals surface area (Å²) in [6.07, 6.45) is 6.12. The maximum atomic E-state index is 12.6. The van der Waals surface area contributed by atoms with E-state index in [2.05, 4.69) is 6.92 Å². The van der Waals surface area contributed by atoms with Gasteiger partial charge in [-0.05, 0) is 30.2 Å². The van der Waals surface area contributed by atoms with Crippen LogP contribution in [-0.2, 0) is 14.3 Å². The molecule has 2 aliphatic rings. The Morgan fingerprint density at radius 1 is 1.29 bits per heavy atom. The number of unbranched alkanes of at least 4 members (excludes halogenated alkanes) is 3. The Hall–Kier alpha value is -2.06. The van der Waals surface area contributed by atoms with Crippen molar-refractivity contribution in [1.29, 1.82) is 0 Å². The van der Waals surface area contributed by atoms with E-state index in [1.54, 1.807) is 6.08 Å². The SMILES string of the molecule is CCCCCCOC(=O)CCN1C(=O)/C(=C/c2ccc3c(c2)OCO3)SC1=S. The van der Waals surface area contributed by atoms with Gasteiger partial charge >= 0.3 is 5.97 Å². The summed E-state index contributed by atoms with van der Waals surface area (Å²) in [6.45, 7) is 3.00. The summed E-state index contributed by atoms with van der Waals surface area (Å²) in [7, 11) is 0. The van der Waals surface area contributed by atoms with Crippen molar-refractivity contribution in [2.24, 2.45) is 0 Å². The van der Waals surface area contributed by atoms with Gasteiger partial charge in [0, 0.05) is 6.54 Å². The number of carbonyl (C=O) groups is 2. The topological polar surface area (TPSA) is 65.1 Å². The molecule has 1 saturated heterocycles. The van der Waals surface area contributed by atoms with Gasteiger partial charge in [-0.15, -0.1) is 0 Å². The third-order valence-corrected chi connectivity index (χ3v) is 5.75. The van der Waals surface area contributed by atoms with Crippen molar-refractivity contribution in [2.75, 3.05) is 19.9 Å². The first-order valence-electron chi connectivity index (χ1n) is 9.39. The fraction of sp³-hybridized carbons (Fsp3) is 0.450. The monoisotopic (exact) mass is 421 g/mol. The number of hydrogen-bond donors (Lipinski definition) is 0. The van der Waals surface area contributed by atoms with Crippen molar-refractivity contribution in [2.45, 2.75) is 39.0 Å². The van der Waals surface area contributed by atoms with E-state index in [4.69, 9.17) is 26.4 Å². The highest BCUT2D eigenvalue weighted by atomic mass is 32.2. The summed E-state index contributed by atoms with van der Waals surface area (Å²) in [5.41, 5.74) is 0.830. The van der Waals surface area contributed by atoms with E-state index in [1.807, 2.05) is 18.2 Å². The van der Waals surface area contributed by atoms with Gasteiger partial charge in [0.25, 0.3) is 5.91 Å². The number of amides is 1. The highest BCUT2D eigenvalue weighted by Crippen LogP contribution is 2.36. The molecule has 0 atom stereocenters. The van der Waals surface area contributed by atoms with Gasteiger partial charge in [0.2, 0.25) is 6.79 Å². The molecular weight excluding hydrogens is 398 g/mol. The Morgan fingerprint density at radius 3 is 2.93 bits per heavy atom. The van der Waals surface area contributed by atoms with Crippen molar-refractivity contribution < 1.29 is 23.8 Å². The van der Waals surface area contributed by atoms with Gasteiger partial charge < -0.3 is 14.2 Å². The quantitative estimate of drug-likeness (QED) is 0.257. The maximum Gasteiger partial charge on any atom is 0.307 e. The molecule has 0 aromatic heterocycles. The van der Waals surface area contributed by atoms with E-state index in [1.165, 1.54) is 16.7 Å². The van der Waals surface area contributed by atoms with Crippen molar-refractivity contribution >= 4 is 46.3 Å². The molecule has 150 valence electrons. The third kappa shape index (κ3) is 5.26. The van der Waals surface area contributed by atoms with Crippen molar-refractivity contribution in [3.8, 4) is 11.5 Å². The van der Waals surface area contributed by atoms with Gasteiger partial charge in [0.1, 0.15) is 4.32 Å². The summed E-state index contributed by atoms with van der Waals surface area (Å²) >= 11 is 6.54. The number of carbonyl (C=O) groups excluding carboxylic acids is 2. The van der Waals surface area contributed by atoms with E-state index in [0.29, 0.717) is 27.3 Å². The zero-order chi connectivity index (χ0) is 19.9. The van der Waals surface area contributed by atoms with Crippen LogP contribution in [0.4, 0.5) is 0 Å². The summed E-state index contributed by atoms with van der Waals surface area (Å²) in [6, 6.07) is 5.49. The zero-order valence-corrected chi connectivity index (χ0v) is 17.4. The van der Waals surface area contributed by atoms with Gasteiger partial charge in [-0.25, -0.2) is 0 Å². The Kier molecular flexibility index (Phi) is 7.33. The lowest BCUT2D eigenvalue weighted by Gasteiger charge is -2.13. The fourth-order valence-electron chi connectivity index (χ4n) is 2.84. The minimum Gasteiger partial charge on any atom is -0.466 e. The zero-order valence-electron chi connectivity index (χ0n) is 15.8. The van der Waals surface area contributed by atoms with Crippen LogP contribution in [0.5, 0.6) is 11.5 Å². The molecule has 3 rings (SSSR count). The smallest absolute Gasteiger partial charge is 0.307 e. The van der Waals surface area contributed by atoms with Crippen LogP contribution in [0.15, 0.2) is 23.1 Å². The minimum atomic E-state index is -0.301. The van der Waals surface area contributed by atoms with Crippen LogP contribution in [0.25, 0.3) is 6.08 Å². The largest absolute Gasteiger partial charge is 0.466 e. The van der Waals surface area contributed by atoms with Gasteiger partial charge in [-0.1, -0.05) is 56.2 Å². The van der Waals surface area contributed by atoms with E-state index < -0.39 is 0 Å². The molecule has 1 fully saturated rings. The standard InChI is InChI=1S/C20H23NO5S2/c1-2-3-4-5-10-24-18(22)8-9-21-19(23)17(28-20(21)27)12-14-6-7-15-16(11-14)26-13-25-15/h6-7,11-12H,2-5,8-10,13H2,1H3/b17-12-. The third-order valence-electron chi connectivity index (χ3n) is 4.37. The number of thioether (sulfide) groups is 1. The Bertz CT molecular complexity index is 793. The van der Waals surface area contributed by atoms with Crippen LogP contribution < -0.4 is 9.47 Å². The number of benzene rings is 1. The molecule has 0 unspecified atom stereocenters. The molecule has 1 aromatic rings. The lowest BCUT2D eigenvalue weighted by molar-refractivity contribution is -0.144. The molecule has 0 saturated carbocycles. The number of ether oxygens (including phenoxy) is 3. The number of thiocarbonyl (C=S) groups is 1. The van der Waals surface area contributed by atoms with Crippen LogP contribution in [0.3, 0.4) is 0 Å². The van der Waals surface area contributed by atoms with Crippen molar-refractivity contribution in [3.63, 3.8) is 0 Å². The van der Waals surface area contributed by atoms with Crippen LogP contribution in [0.1, 0.15) is 44.6 Å². The van der Waals surface area contributed by atoms with Crippen LogP contribution in [0, 0.1) is 0 Å². The normalized spacial score (nSPS) is 16.9. The first-order valence-corrected chi connectivity index (χ1v) is 10.6. The first-order chi connectivity index (χ1) is 13.6. The maximum absolute atomic E-state index is 12.6. The van der Waals surface area contributed by atoms with Crippen molar-refractivity contribution in [1.82, 2.24) is 4.90 Å². The number of fused-ring (bicyclic) bond motifs is 1. The van der Waals surface area contributed by atoms with Gasteiger partial charge in [0.15, 0.2) is 11.5 Å². The van der Waals surface area contributed by atoms with Gasteiger partial charge in [-0.3, -0.25) is 14.5 Å². The molecule has 0 N–H and O–H groups in total. The van der Waals surface area contributed by atoms with Crippen LogP contribution >= 0.6 is 24.0 Å². The number of nitrogens with zero attached hydrogens (tertiary/aromatic N) is 1. The minimum absolute atomic E-state index is 0.136. The van der Waals surface area contributed by atoms with Crippen molar-refractivity contribution in [3.05, 3.63) is 28.7 Å². The average Bonchev–Trinajstić information content (AvgIpc) is 3.24.